The molecule has 40 heavy (non-hydrogen) atoms. The van der Waals surface area contributed by atoms with Crippen molar-refractivity contribution in [3.8, 4) is 17.2 Å². The molecule has 3 aromatic rings. The SMILES string of the molecule is COc1cc(C(=O)Nc2ccc3c(c2)N(C(=O)CCN2CCOCC2)c2ccccc2CC3)cc(OC)c1OC. The number of carbonyl (C=O) groups excluding carboxylic acids is 2. The zero-order chi connectivity index (χ0) is 28.1. The Morgan fingerprint density at radius 3 is 2.20 bits per heavy atom. The van der Waals surface area contributed by atoms with Gasteiger partial charge in [0.25, 0.3) is 5.91 Å². The third kappa shape index (κ3) is 5.76. The molecule has 0 spiro atoms. The molecule has 2 aliphatic rings. The molecule has 9 heteroatoms. The number of ether oxygens (including phenoxy) is 4. The monoisotopic (exact) mass is 545 g/mol. The number of hydrogen-bond acceptors (Lipinski definition) is 7. The summed E-state index contributed by atoms with van der Waals surface area (Å²) in [7, 11) is 4.53. The summed E-state index contributed by atoms with van der Waals surface area (Å²) in [4.78, 5) is 31.2. The van der Waals surface area contributed by atoms with E-state index in [1.54, 1.807) is 12.1 Å². The van der Waals surface area contributed by atoms with Crippen molar-refractivity contribution in [2.45, 2.75) is 19.3 Å². The molecule has 0 atom stereocenters. The lowest BCUT2D eigenvalue weighted by Crippen LogP contribution is -2.39. The average Bonchev–Trinajstić information content (AvgIpc) is 3.16. The number of morpholine rings is 1. The van der Waals surface area contributed by atoms with E-state index in [9.17, 15) is 9.59 Å². The zero-order valence-electron chi connectivity index (χ0n) is 23.2. The maximum absolute atomic E-state index is 13.8. The fraction of sp³-hybridized carbons (Fsp3) is 0.355. The number of methoxy groups -OCH3 is 3. The Kier molecular flexibility index (Phi) is 8.52. The molecule has 0 radical (unpaired) electrons. The molecule has 1 N–H and O–H groups in total. The molecule has 9 nitrogen and oxygen atoms in total. The normalized spacial score (nSPS) is 14.9. The molecule has 0 unspecified atom stereocenters. The Morgan fingerprint density at radius 2 is 1.52 bits per heavy atom. The van der Waals surface area contributed by atoms with E-state index in [-0.39, 0.29) is 11.8 Å². The van der Waals surface area contributed by atoms with Crippen LogP contribution in [0.5, 0.6) is 17.2 Å². The minimum Gasteiger partial charge on any atom is -0.493 e. The largest absolute Gasteiger partial charge is 0.493 e. The second kappa shape index (κ2) is 12.4. The number of amides is 2. The smallest absolute Gasteiger partial charge is 0.255 e. The van der Waals surface area contributed by atoms with E-state index in [0.717, 1.165) is 48.4 Å². The van der Waals surface area contributed by atoms with Crippen LogP contribution in [-0.4, -0.2) is 70.9 Å². The summed E-state index contributed by atoms with van der Waals surface area (Å²) < 4.78 is 21.7. The number of para-hydroxylation sites is 1. The summed E-state index contributed by atoms with van der Waals surface area (Å²) in [5, 5.41) is 2.99. The van der Waals surface area contributed by atoms with Gasteiger partial charge in [0.1, 0.15) is 0 Å². The maximum Gasteiger partial charge on any atom is 0.255 e. The van der Waals surface area contributed by atoms with Gasteiger partial charge in [-0.1, -0.05) is 24.3 Å². The van der Waals surface area contributed by atoms with Crippen LogP contribution in [0.25, 0.3) is 0 Å². The van der Waals surface area contributed by atoms with Gasteiger partial charge >= 0.3 is 0 Å². The van der Waals surface area contributed by atoms with Crippen LogP contribution in [0.15, 0.2) is 54.6 Å². The van der Waals surface area contributed by atoms with Crippen molar-refractivity contribution in [2.24, 2.45) is 0 Å². The molecule has 0 bridgehead atoms. The number of hydrogen-bond donors (Lipinski definition) is 1. The molecule has 0 aliphatic carbocycles. The molecule has 2 amide bonds. The molecule has 3 aromatic carbocycles. The van der Waals surface area contributed by atoms with Crippen molar-refractivity contribution >= 4 is 28.9 Å². The van der Waals surface area contributed by atoms with Gasteiger partial charge in [0.2, 0.25) is 11.7 Å². The van der Waals surface area contributed by atoms with Crippen molar-refractivity contribution in [3.63, 3.8) is 0 Å². The van der Waals surface area contributed by atoms with Gasteiger partial charge < -0.3 is 24.3 Å². The molecule has 5 rings (SSSR count). The highest BCUT2D eigenvalue weighted by molar-refractivity contribution is 6.07. The predicted molar refractivity (Wildman–Crippen MR) is 153 cm³/mol. The zero-order valence-corrected chi connectivity index (χ0v) is 23.2. The standard InChI is InChI=1S/C31H35N3O6/c1-37-27-18-23(19-28(38-2)30(27)39-3)31(36)32-24-11-10-22-9-8-21-6-4-5-7-25(21)34(26(22)20-24)29(35)12-13-33-14-16-40-17-15-33/h4-7,10-11,18-20H,8-9,12-17H2,1-3H3,(H,32,36). The Morgan fingerprint density at radius 1 is 0.850 bits per heavy atom. The quantitative estimate of drug-likeness (QED) is 0.447. The molecular weight excluding hydrogens is 510 g/mol. The topological polar surface area (TPSA) is 89.6 Å². The molecule has 1 saturated heterocycles. The number of aryl methyl sites for hydroxylation is 2. The average molecular weight is 546 g/mol. The van der Waals surface area contributed by atoms with Crippen LogP contribution in [0.3, 0.4) is 0 Å². The fourth-order valence-electron chi connectivity index (χ4n) is 5.28. The minimum atomic E-state index is -0.335. The number of nitrogens with one attached hydrogen (secondary N) is 1. The van der Waals surface area contributed by atoms with E-state index in [0.29, 0.717) is 54.7 Å². The second-order valence-corrected chi connectivity index (χ2v) is 9.77. The third-order valence-corrected chi connectivity index (χ3v) is 7.40. The lowest BCUT2D eigenvalue weighted by atomic mass is 10.0. The van der Waals surface area contributed by atoms with E-state index >= 15 is 0 Å². The van der Waals surface area contributed by atoms with Crippen molar-refractivity contribution in [1.29, 1.82) is 0 Å². The number of anilines is 3. The Labute approximate surface area is 234 Å². The molecule has 2 heterocycles. The van der Waals surface area contributed by atoms with Gasteiger partial charge in [0.15, 0.2) is 11.5 Å². The van der Waals surface area contributed by atoms with Crippen molar-refractivity contribution in [2.75, 3.05) is 64.4 Å². The number of carbonyl (C=O) groups is 2. The highest BCUT2D eigenvalue weighted by Crippen LogP contribution is 2.40. The van der Waals surface area contributed by atoms with Crippen LogP contribution in [0.1, 0.15) is 27.9 Å². The molecule has 0 saturated carbocycles. The summed E-state index contributed by atoms with van der Waals surface area (Å²) >= 11 is 0. The second-order valence-electron chi connectivity index (χ2n) is 9.77. The van der Waals surface area contributed by atoms with Crippen molar-refractivity contribution < 1.29 is 28.5 Å². The number of nitrogens with zero attached hydrogens (tertiary/aromatic N) is 2. The highest BCUT2D eigenvalue weighted by atomic mass is 16.5. The van der Waals surface area contributed by atoms with Crippen LogP contribution < -0.4 is 24.4 Å². The summed E-state index contributed by atoms with van der Waals surface area (Å²) in [6.07, 6.45) is 2.00. The van der Waals surface area contributed by atoms with E-state index < -0.39 is 0 Å². The van der Waals surface area contributed by atoms with E-state index in [4.69, 9.17) is 18.9 Å². The summed E-state index contributed by atoms with van der Waals surface area (Å²) in [5.74, 6) is 0.884. The van der Waals surface area contributed by atoms with Gasteiger partial charge in [0, 0.05) is 37.3 Å². The highest BCUT2D eigenvalue weighted by Gasteiger charge is 2.27. The van der Waals surface area contributed by atoms with Gasteiger partial charge in [-0.3, -0.25) is 19.4 Å². The van der Waals surface area contributed by atoms with Gasteiger partial charge in [-0.05, 0) is 54.3 Å². The maximum atomic E-state index is 13.8. The Balaban J connectivity index is 1.44. The van der Waals surface area contributed by atoms with Crippen LogP contribution >= 0.6 is 0 Å². The van der Waals surface area contributed by atoms with Crippen molar-refractivity contribution in [3.05, 3.63) is 71.3 Å². The lowest BCUT2D eigenvalue weighted by Gasteiger charge is -2.29. The van der Waals surface area contributed by atoms with E-state index in [1.165, 1.54) is 21.3 Å². The molecule has 1 fully saturated rings. The number of fused-ring (bicyclic) bond motifs is 2. The first-order valence-corrected chi connectivity index (χ1v) is 13.5. The van der Waals surface area contributed by atoms with E-state index in [2.05, 4.69) is 16.3 Å². The van der Waals surface area contributed by atoms with Gasteiger partial charge in [-0.2, -0.15) is 0 Å². The van der Waals surface area contributed by atoms with Gasteiger partial charge in [0.05, 0.1) is 45.9 Å². The fourth-order valence-corrected chi connectivity index (χ4v) is 5.28. The molecular formula is C31H35N3O6. The molecule has 210 valence electrons. The van der Waals surface area contributed by atoms with E-state index in [1.807, 2.05) is 41.3 Å². The Hall–Kier alpha value is -4.08. The number of rotatable bonds is 8. The summed E-state index contributed by atoms with van der Waals surface area (Å²) in [6.45, 7) is 3.72. The first kappa shape index (κ1) is 27.5. The minimum absolute atomic E-state index is 0.0233. The van der Waals surface area contributed by atoms with Crippen LogP contribution in [-0.2, 0) is 22.4 Å². The van der Waals surface area contributed by atoms with Gasteiger partial charge in [-0.25, -0.2) is 0 Å². The van der Waals surface area contributed by atoms with Crippen LogP contribution in [0.4, 0.5) is 17.1 Å². The third-order valence-electron chi connectivity index (χ3n) is 7.40. The number of benzene rings is 3. The summed E-state index contributed by atoms with van der Waals surface area (Å²) in [5.41, 5.74) is 4.81. The van der Waals surface area contributed by atoms with Crippen LogP contribution in [0, 0.1) is 0 Å². The lowest BCUT2D eigenvalue weighted by molar-refractivity contribution is -0.118. The van der Waals surface area contributed by atoms with Crippen molar-refractivity contribution in [1.82, 2.24) is 4.90 Å². The Bertz CT molecular complexity index is 1360. The first-order valence-electron chi connectivity index (χ1n) is 13.5. The summed E-state index contributed by atoms with van der Waals surface area (Å²) in [6, 6.07) is 17.0. The molecule has 2 aliphatic heterocycles. The van der Waals surface area contributed by atoms with Gasteiger partial charge in [-0.15, -0.1) is 0 Å². The molecule has 0 aromatic heterocycles. The van der Waals surface area contributed by atoms with Crippen LogP contribution in [0.2, 0.25) is 0 Å². The first-order chi connectivity index (χ1) is 19.5. The predicted octanol–water partition coefficient (Wildman–Crippen LogP) is 4.45.